The van der Waals surface area contributed by atoms with E-state index in [9.17, 15) is 4.79 Å². The maximum Gasteiger partial charge on any atom is 0.263 e. The molecule has 1 N–H and O–H groups in total. The first-order valence-electron chi connectivity index (χ1n) is 9.26. The highest BCUT2D eigenvalue weighted by Crippen LogP contribution is 2.36. The Morgan fingerprint density at radius 1 is 1.30 bits per heavy atom. The van der Waals surface area contributed by atoms with E-state index in [1.165, 1.54) is 11.0 Å². The lowest BCUT2D eigenvalue weighted by Crippen LogP contribution is -2.24. The lowest BCUT2D eigenvalue weighted by Gasteiger charge is -2.12. The Morgan fingerprint density at radius 3 is 2.83 bits per heavy atom. The van der Waals surface area contributed by atoms with Gasteiger partial charge in [-0.05, 0) is 45.3 Å². The number of hydrogen-bond acceptors (Lipinski definition) is 7. The Bertz CT molecular complexity index is 1020. The lowest BCUT2D eigenvalue weighted by molar-refractivity contribution is -0.122. The molecule has 0 fully saturated rings. The first-order valence-corrected chi connectivity index (χ1v) is 10.1. The molecule has 0 atom stereocenters. The number of hydrazone groups is 1. The fourth-order valence-electron chi connectivity index (χ4n) is 2.51. The van der Waals surface area contributed by atoms with E-state index < -0.39 is 0 Å². The monoisotopic (exact) mass is 472 g/mol. The molecular weight excluding hydrogens is 452 g/mol. The number of amides is 1. The summed E-state index contributed by atoms with van der Waals surface area (Å²) in [6, 6.07) is 13.0. The molecule has 0 saturated heterocycles. The van der Waals surface area contributed by atoms with Gasteiger partial charge in [0, 0.05) is 5.56 Å². The maximum atomic E-state index is 12.1. The molecule has 0 aliphatic rings. The molecule has 0 radical (unpaired) electrons. The van der Waals surface area contributed by atoms with Crippen molar-refractivity contribution in [1.29, 1.82) is 0 Å². The predicted octanol–water partition coefficient (Wildman–Crippen LogP) is 3.05. The third-order valence-corrected chi connectivity index (χ3v) is 4.46. The van der Waals surface area contributed by atoms with Crippen molar-refractivity contribution in [3.8, 4) is 22.9 Å². The molecule has 1 amide bonds. The quantitative estimate of drug-likeness (QED) is 0.379. The van der Waals surface area contributed by atoms with Crippen molar-refractivity contribution < 1.29 is 14.3 Å². The molecular formula is C20H21BrN6O3. The molecule has 3 rings (SSSR count). The SMILES string of the molecule is CCCOc1c(Br)cc(/C=N/NC(=O)Cn2nnc(-c3ccccc3)n2)cc1OC. The summed E-state index contributed by atoms with van der Waals surface area (Å²) in [5.74, 6) is 1.28. The van der Waals surface area contributed by atoms with E-state index in [1.54, 1.807) is 13.2 Å². The van der Waals surface area contributed by atoms with Crippen molar-refractivity contribution in [3.05, 3.63) is 52.5 Å². The molecule has 30 heavy (non-hydrogen) atoms. The number of benzene rings is 2. The second-order valence-corrected chi connectivity index (χ2v) is 7.04. The summed E-state index contributed by atoms with van der Waals surface area (Å²) in [6.07, 6.45) is 2.40. The fraction of sp³-hybridized carbons (Fsp3) is 0.250. The van der Waals surface area contributed by atoms with Gasteiger partial charge in [-0.2, -0.15) is 9.90 Å². The number of methoxy groups -OCH3 is 1. The van der Waals surface area contributed by atoms with Crippen LogP contribution in [0.15, 0.2) is 52.0 Å². The highest BCUT2D eigenvalue weighted by molar-refractivity contribution is 9.10. The van der Waals surface area contributed by atoms with Gasteiger partial charge in [0.15, 0.2) is 11.5 Å². The number of nitrogens with zero attached hydrogens (tertiary/aromatic N) is 5. The highest BCUT2D eigenvalue weighted by atomic mass is 79.9. The van der Waals surface area contributed by atoms with E-state index in [2.05, 4.69) is 41.9 Å². The summed E-state index contributed by atoms with van der Waals surface area (Å²) in [4.78, 5) is 13.3. The molecule has 0 aliphatic carbocycles. The smallest absolute Gasteiger partial charge is 0.263 e. The van der Waals surface area contributed by atoms with E-state index in [1.807, 2.05) is 43.3 Å². The van der Waals surface area contributed by atoms with Gasteiger partial charge in [0.05, 0.1) is 24.4 Å². The molecule has 9 nitrogen and oxygen atoms in total. The van der Waals surface area contributed by atoms with Gasteiger partial charge in [-0.25, -0.2) is 5.43 Å². The number of hydrogen-bond donors (Lipinski definition) is 1. The minimum atomic E-state index is -0.378. The Morgan fingerprint density at radius 2 is 2.10 bits per heavy atom. The first kappa shape index (κ1) is 21.4. The molecule has 0 saturated carbocycles. The van der Waals surface area contributed by atoms with Crippen LogP contribution in [-0.2, 0) is 11.3 Å². The number of halogens is 1. The normalized spacial score (nSPS) is 10.9. The Kier molecular flexibility index (Phi) is 7.50. The number of carbonyl (C=O) groups is 1. The molecule has 1 heterocycles. The van der Waals surface area contributed by atoms with Gasteiger partial charge in [0.2, 0.25) is 5.82 Å². The Balaban J connectivity index is 1.59. The van der Waals surface area contributed by atoms with Gasteiger partial charge in [0.1, 0.15) is 6.54 Å². The number of ether oxygens (including phenoxy) is 2. The number of tetrazole rings is 1. The van der Waals surface area contributed by atoms with Gasteiger partial charge in [0.25, 0.3) is 5.91 Å². The van der Waals surface area contributed by atoms with Crippen LogP contribution in [0.25, 0.3) is 11.4 Å². The fourth-order valence-corrected chi connectivity index (χ4v) is 3.09. The zero-order valence-electron chi connectivity index (χ0n) is 16.6. The van der Waals surface area contributed by atoms with Crippen LogP contribution in [0.4, 0.5) is 0 Å². The molecule has 2 aromatic carbocycles. The topological polar surface area (TPSA) is 104 Å². The van der Waals surface area contributed by atoms with Crippen molar-refractivity contribution in [2.24, 2.45) is 5.10 Å². The molecule has 0 spiro atoms. The van der Waals surface area contributed by atoms with Crippen LogP contribution in [0.1, 0.15) is 18.9 Å². The average Bonchev–Trinajstić information content (AvgIpc) is 3.21. The largest absolute Gasteiger partial charge is 0.493 e. The summed E-state index contributed by atoms with van der Waals surface area (Å²) >= 11 is 3.47. The van der Waals surface area contributed by atoms with Gasteiger partial charge in [-0.1, -0.05) is 37.3 Å². The average molecular weight is 473 g/mol. The van der Waals surface area contributed by atoms with Crippen LogP contribution in [0, 0.1) is 0 Å². The second kappa shape index (κ2) is 10.5. The molecule has 0 unspecified atom stereocenters. The minimum Gasteiger partial charge on any atom is -0.493 e. The number of nitrogens with one attached hydrogen (secondary N) is 1. The van der Waals surface area contributed by atoms with Crippen molar-refractivity contribution in [2.75, 3.05) is 13.7 Å². The third-order valence-electron chi connectivity index (χ3n) is 3.88. The molecule has 10 heteroatoms. The summed E-state index contributed by atoms with van der Waals surface area (Å²) < 4.78 is 11.8. The summed E-state index contributed by atoms with van der Waals surface area (Å²) in [5.41, 5.74) is 4.01. The van der Waals surface area contributed by atoms with Crippen LogP contribution >= 0.6 is 15.9 Å². The van der Waals surface area contributed by atoms with Gasteiger partial charge in [-0.3, -0.25) is 4.79 Å². The van der Waals surface area contributed by atoms with Crippen LogP contribution in [0.2, 0.25) is 0 Å². The number of rotatable bonds is 9. The molecule has 3 aromatic rings. The maximum absolute atomic E-state index is 12.1. The second-order valence-electron chi connectivity index (χ2n) is 6.19. The van der Waals surface area contributed by atoms with Gasteiger partial charge >= 0.3 is 0 Å². The van der Waals surface area contributed by atoms with E-state index in [-0.39, 0.29) is 12.5 Å². The molecule has 0 bridgehead atoms. The molecule has 156 valence electrons. The molecule has 0 aliphatic heterocycles. The summed E-state index contributed by atoms with van der Waals surface area (Å²) in [7, 11) is 1.57. The van der Waals surface area contributed by atoms with Crippen LogP contribution in [-0.4, -0.2) is 46.0 Å². The van der Waals surface area contributed by atoms with E-state index >= 15 is 0 Å². The van der Waals surface area contributed by atoms with Crippen molar-refractivity contribution in [1.82, 2.24) is 25.6 Å². The highest BCUT2D eigenvalue weighted by Gasteiger charge is 2.11. The number of carbonyl (C=O) groups excluding carboxylic acids is 1. The van der Waals surface area contributed by atoms with Crippen molar-refractivity contribution in [2.45, 2.75) is 19.9 Å². The van der Waals surface area contributed by atoms with E-state index in [0.29, 0.717) is 23.9 Å². The standard InChI is InChI=1S/C20H21BrN6O3/c1-3-9-30-19-16(21)10-14(11-17(19)29-2)12-22-23-18(28)13-27-25-20(24-26-27)15-7-5-4-6-8-15/h4-8,10-12H,3,9,13H2,1-2H3,(H,23,28)/b22-12+. The number of aromatic nitrogens is 4. The molecule has 1 aromatic heterocycles. The van der Waals surface area contributed by atoms with E-state index in [0.717, 1.165) is 22.0 Å². The van der Waals surface area contributed by atoms with Gasteiger partial charge in [-0.15, -0.1) is 10.2 Å². The lowest BCUT2D eigenvalue weighted by atomic mass is 10.2. The van der Waals surface area contributed by atoms with Crippen LogP contribution in [0.5, 0.6) is 11.5 Å². The summed E-state index contributed by atoms with van der Waals surface area (Å²) in [5, 5.41) is 16.0. The zero-order chi connectivity index (χ0) is 21.3. The third kappa shape index (κ3) is 5.63. The van der Waals surface area contributed by atoms with Crippen LogP contribution < -0.4 is 14.9 Å². The predicted molar refractivity (Wildman–Crippen MR) is 115 cm³/mol. The first-order chi connectivity index (χ1) is 14.6. The van der Waals surface area contributed by atoms with E-state index in [4.69, 9.17) is 9.47 Å². The Hall–Kier alpha value is -3.27. The Labute approximate surface area is 182 Å². The summed E-state index contributed by atoms with van der Waals surface area (Å²) in [6.45, 7) is 2.51. The van der Waals surface area contributed by atoms with Crippen molar-refractivity contribution in [3.63, 3.8) is 0 Å². The van der Waals surface area contributed by atoms with Gasteiger partial charge < -0.3 is 9.47 Å². The van der Waals surface area contributed by atoms with Crippen LogP contribution in [0.3, 0.4) is 0 Å². The minimum absolute atomic E-state index is 0.103. The zero-order valence-corrected chi connectivity index (χ0v) is 18.2. The van der Waals surface area contributed by atoms with Crippen molar-refractivity contribution >= 4 is 28.1 Å².